The van der Waals surface area contributed by atoms with Crippen LogP contribution in [-0.2, 0) is 6.18 Å². The summed E-state index contributed by atoms with van der Waals surface area (Å²) < 4.78 is 40.8. The molecular weight excluding hydrogens is 617 g/mol. The first kappa shape index (κ1) is 29.8. The molecule has 0 heterocycles. The SMILES string of the molecule is [C-]#[N+]/N=c1\c2cc(-c3cccc(C)c3)ccc2c2cc3c(=NC#N)c4cc(-c5cccc(C(F)(F)F)c5)ccc4c3c(-c3ccccc3)c12. The van der Waals surface area contributed by atoms with Gasteiger partial charge < -0.3 is 0 Å². The Bertz CT molecular complexity index is 2840. The first-order valence-electron chi connectivity index (χ1n) is 15.5. The van der Waals surface area contributed by atoms with E-state index in [0.29, 0.717) is 27.2 Å². The summed E-state index contributed by atoms with van der Waals surface area (Å²) in [7, 11) is 0. The van der Waals surface area contributed by atoms with E-state index in [0.717, 1.165) is 77.7 Å². The van der Waals surface area contributed by atoms with Gasteiger partial charge >= 0.3 is 6.18 Å². The monoisotopic (exact) mass is 640 g/mol. The molecular formula is C42H23F3N4. The predicted octanol–water partition coefficient (Wildman–Crippen LogP) is 10.6. The Hall–Kier alpha value is -6.57. The van der Waals surface area contributed by atoms with Crippen LogP contribution in [0.2, 0.25) is 0 Å². The maximum atomic E-state index is 13.6. The van der Waals surface area contributed by atoms with Crippen molar-refractivity contribution in [2.24, 2.45) is 10.1 Å². The molecule has 0 saturated heterocycles. The molecule has 8 aromatic rings. The number of hydrogen-bond acceptors (Lipinski definition) is 3. The predicted molar refractivity (Wildman–Crippen MR) is 188 cm³/mol. The Morgan fingerprint density at radius 2 is 1.22 bits per heavy atom. The molecule has 0 aliphatic rings. The Balaban J connectivity index is 1.53. The second-order valence-corrected chi connectivity index (χ2v) is 12.0. The zero-order valence-electron chi connectivity index (χ0n) is 26.0. The van der Waals surface area contributed by atoms with Crippen molar-refractivity contribution in [2.75, 3.05) is 0 Å². The van der Waals surface area contributed by atoms with Crippen molar-refractivity contribution < 1.29 is 13.2 Å². The van der Waals surface area contributed by atoms with Crippen LogP contribution in [0.25, 0.3) is 81.4 Å². The van der Waals surface area contributed by atoms with E-state index >= 15 is 0 Å². The lowest BCUT2D eigenvalue weighted by Gasteiger charge is -2.10. The summed E-state index contributed by atoms with van der Waals surface area (Å²) in [4.78, 5) is 7.80. The van der Waals surface area contributed by atoms with Crippen molar-refractivity contribution in [3.63, 3.8) is 0 Å². The van der Waals surface area contributed by atoms with E-state index in [2.05, 4.69) is 45.4 Å². The summed E-state index contributed by atoms with van der Waals surface area (Å²) in [5, 5.41) is 21.7. The molecule has 0 N–H and O–H groups in total. The van der Waals surface area contributed by atoms with Crippen LogP contribution in [0.4, 0.5) is 13.2 Å². The third kappa shape index (κ3) is 4.83. The molecule has 0 saturated carbocycles. The maximum absolute atomic E-state index is 13.6. The van der Waals surface area contributed by atoms with E-state index in [9.17, 15) is 18.4 Å². The largest absolute Gasteiger partial charge is 0.416 e. The van der Waals surface area contributed by atoms with Crippen molar-refractivity contribution in [3.8, 4) is 39.6 Å². The lowest BCUT2D eigenvalue weighted by Crippen LogP contribution is -2.04. The van der Waals surface area contributed by atoms with Crippen LogP contribution < -0.4 is 10.7 Å². The number of aryl methyl sites for hydroxylation is 1. The van der Waals surface area contributed by atoms with E-state index < -0.39 is 11.7 Å². The van der Waals surface area contributed by atoms with Gasteiger partial charge in [-0.05, 0) is 81.2 Å². The van der Waals surface area contributed by atoms with Gasteiger partial charge in [-0.25, -0.2) is 0 Å². The molecule has 0 amide bonds. The van der Waals surface area contributed by atoms with Crippen LogP contribution in [-0.4, -0.2) is 0 Å². The van der Waals surface area contributed by atoms with Crippen molar-refractivity contribution >= 4 is 43.1 Å². The molecule has 0 aliphatic carbocycles. The second-order valence-electron chi connectivity index (χ2n) is 12.0. The first-order chi connectivity index (χ1) is 23.8. The number of nitriles is 1. The number of rotatable bonds is 3. The average molecular weight is 641 g/mol. The number of halogens is 3. The molecule has 8 rings (SSSR count). The number of benzene rings is 6. The van der Waals surface area contributed by atoms with Crippen LogP contribution in [0.15, 0.2) is 131 Å². The molecule has 7 heteroatoms. The van der Waals surface area contributed by atoms with Crippen LogP contribution in [0.1, 0.15) is 11.1 Å². The van der Waals surface area contributed by atoms with Gasteiger partial charge in [0.15, 0.2) is 5.36 Å². The van der Waals surface area contributed by atoms with Gasteiger partial charge in [0.05, 0.1) is 16.0 Å². The van der Waals surface area contributed by atoms with Crippen molar-refractivity contribution in [1.29, 1.82) is 5.26 Å². The average Bonchev–Trinajstić information content (AvgIpc) is 3.59. The number of alkyl halides is 3. The quantitative estimate of drug-likeness (QED) is 0.108. The number of nitrogens with zero attached hydrogens (tertiary/aromatic N) is 4. The highest BCUT2D eigenvalue weighted by atomic mass is 19.4. The lowest BCUT2D eigenvalue weighted by atomic mass is 9.94. The minimum absolute atomic E-state index is 0.403. The summed E-state index contributed by atoms with van der Waals surface area (Å²) in [5.74, 6) is 0. The summed E-state index contributed by atoms with van der Waals surface area (Å²) in [6, 6.07) is 37.0. The lowest BCUT2D eigenvalue weighted by molar-refractivity contribution is -0.137. The highest BCUT2D eigenvalue weighted by molar-refractivity contribution is 6.29. The summed E-state index contributed by atoms with van der Waals surface area (Å²) >= 11 is 0. The molecule has 0 radical (unpaired) electrons. The fourth-order valence-electron chi connectivity index (χ4n) is 7.10. The molecule has 232 valence electrons. The van der Waals surface area contributed by atoms with Gasteiger partial charge in [-0.15, -0.1) is 4.95 Å². The Labute approximate surface area is 278 Å². The minimum atomic E-state index is -4.48. The van der Waals surface area contributed by atoms with E-state index in [1.165, 1.54) is 6.07 Å². The third-order valence-electron chi connectivity index (χ3n) is 9.18. The second kappa shape index (κ2) is 11.3. The fraction of sp³-hybridized carbons (Fsp3) is 0.0476. The molecule has 4 nitrogen and oxygen atoms in total. The summed E-state index contributed by atoms with van der Waals surface area (Å²) in [6.07, 6.45) is -2.52. The Morgan fingerprint density at radius 1 is 0.592 bits per heavy atom. The molecule has 0 fully saturated rings. The molecule has 0 aromatic heterocycles. The molecule has 49 heavy (non-hydrogen) atoms. The smallest absolute Gasteiger partial charge is 0.181 e. The van der Waals surface area contributed by atoms with Crippen molar-refractivity contribution in [3.05, 3.63) is 155 Å². The van der Waals surface area contributed by atoms with Gasteiger partial charge in [-0.2, -0.15) is 30.0 Å². The van der Waals surface area contributed by atoms with Gasteiger partial charge in [0, 0.05) is 32.5 Å². The zero-order chi connectivity index (χ0) is 33.9. The van der Waals surface area contributed by atoms with Gasteiger partial charge in [-0.1, -0.05) is 96.6 Å². The van der Waals surface area contributed by atoms with Gasteiger partial charge in [-0.3, -0.25) is 0 Å². The summed E-state index contributed by atoms with van der Waals surface area (Å²) in [5.41, 5.74) is 5.17. The fourth-order valence-corrected chi connectivity index (χ4v) is 7.10. The summed E-state index contributed by atoms with van der Waals surface area (Å²) in [6.45, 7) is 9.85. The Morgan fingerprint density at radius 3 is 1.90 bits per heavy atom. The van der Waals surface area contributed by atoms with Crippen LogP contribution in [0, 0.1) is 25.0 Å². The standard InChI is InChI=1S/C42H23F3N4/c1-24-8-6-11-26(18-24)28-14-16-31-33-22-36-38(37(25-9-4-3-5-10-25)39(33)41(49-47-2)34(31)20-28)32-17-15-29(21-35(32)40(36)48-23-46)27-12-7-13-30(19-27)42(43,44)45/h3-22H,1H3/b48-40?,49-41+. The van der Waals surface area contributed by atoms with Crippen LogP contribution in [0.3, 0.4) is 0 Å². The van der Waals surface area contributed by atoms with Crippen LogP contribution in [0.5, 0.6) is 0 Å². The molecule has 0 atom stereocenters. The third-order valence-corrected chi connectivity index (χ3v) is 9.18. The van der Waals surface area contributed by atoms with E-state index in [1.807, 2.05) is 67.7 Å². The maximum Gasteiger partial charge on any atom is 0.416 e. The topological polar surface area (TPSA) is 52.9 Å². The Kier molecular flexibility index (Phi) is 6.87. The van der Waals surface area contributed by atoms with Crippen molar-refractivity contribution in [1.82, 2.24) is 0 Å². The zero-order valence-corrected chi connectivity index (χ0v) is 26.0. The van der Waals surface area contributed by atoms with Gasteiger partial charge in [0.2, 0.25) is 6.19 Å². The molecule has 0 unspecified atom stereocenters. The minimum Gasteiger partial charge on any atom is -0.181 e. The van der Waals surface area contributed by atoms with Gasteiger partial charge in [0.25, 0.3) is 0 Å². The molecule has 0 bridgehead atoms. The van der Waals surface area contributed by atoms with E-state index in [4.69, 9.17) is 6.57 Å². The molecule has 0 aliphatic heterocycles. The number of fused-ring (bicyclic) bond motifs is 6. The highest BCUT2D eigenvalue weighted by Gasteiger charge is 2.30. The van der Waals surface area contributed by atoms with Gasteiger partial charge in [0.1, 0.15) is 0 Å². The first-order valence-corrected chi connectivity index (χ1v) is 15.5. The van der Waals surface area contributed by atoms with Crippen molar-refractivity contribution in [2.45, 2.75) is 13.1 Å². The normalized spacial score (nSPS) is 12.7. The molecule has 8 aromatic carbocycles. The van der Waals surface area contributed by atoms with E-state index in [-0.39, 0.29) is 0 Å². The van der Waals surface area contributed by atoms with E-state index in [1.54, 1.807) is 18.2 Å². The highest BCUT2D eigenvalue weighted by Crippen LogP contribution is 2.43. The number of hydrogen-bond donors (Lipinski definition) is 0. The molecule has 0 spiro atoms. The van der Waals surface area contributed by atoms with Crippen LogP contribution >= 0.6 is 0 Å².